The van der Waals surface area contributed by atoms with E-state index in [-0.39, 0.29) is 30.1 Å². The van der Waals surface area contributed by atoms with Crippen LogP contribution in [0.5, 0.6) is 5.75 Å². The summed E-state index contributed by atoms with van der Waals surface area (Å²) in [7, 11) is 0. The Balaban J connectivity index is 1.65. The number of rotatable bonds is 4. The van der Waals surface area contributed by atoms with Crippen molar-refractivity contribution in [3.8, 4) is 5.75 Å². The molecule has 3 atom stereocenters. The van der Waals surface area contributed by atoms with Crippen LogP contribution in [0, 0.1) is 11.8 Å². The van der Waals surface area contributed by atoms with Gasteiger partial charge in [0, 0.05) is 18.3 Å². The molecule has 2 bridgehead atoms. The monoisotopic (exact) mass is 388 g/mol. The Morgan fingerprint density at radius 3 is 2.39 bits per heavy atom. The fourth-order valence-corrected chi connectivity index (χ4v) is 4.13. The van der Waals surface area contributed by atoms with Gasteiger partial charge in [0.15, 0.2) is 0 Å². The number of carbonyl (C=O) groups excluding carboxylic acids is 2. The number of piperidine rings is 2. The van der Waals surface area contributed by atoms with Crippen LogP contribution >= 0.6 is 0 Å². The first-order valence-corrected chi connectivity index (χ1v) is 10.2. The summed E-state index contributed by atoms with van der Waals surface area (Å²) in [5, 5.41) is 3.01. The van der Waals surface area contributed by atoms with E-state index in [4.69, 9.17) is 9.47 Å². The summed E-state index contributed by atoms with van der Waals surface area (Å²) in [4.78, 5) is 27.3. The van der Waals surface area contributed by atoms with Gasteiger partial charge in [0.25, 0.3) is 0 Å². The van der Waals surface area contributed by atoms with Gasteiger partial charge in [-0.15, -0.1) is 0 Å². The Kier molecular flexibility index (Phi) is 5.87. The molecule has 2 saturated heterocycles. The molecule has 0 spiro atoms. The number of benzene rings is 1. The summed E-state index contributed by atoms with van der Waals surface area (Å²) in [5.74, 6) is 0.906. The molecule has 154 valence electrons. The molecule has 0 aromatic heterocycles. The third kappa shape index (κ3) is 4.97. The van der Waals surface area contributed by atoms with Crippen molar-refractivity contribution < 1.29 is 19.1 Å². The lowest BCUT2D eigenvalue weighted by Crippen LogP contribution is -2.58. The molecule has 1 aliphatic carbocycles. The number of amides is 2. The largest absolute Gasteiger partial charge is 0.491 e. The molecule has 3 aliphatic rings. The van der Waals surface area contributed by atoms with Gasteiger partial charge < -0.3 is 19.7 Å². The summed E-state index contributed by atoms with van der Waals surface area (Å²) >= 11 is 0. The van der Waals surface area contributed by atoms with E-state index in [1.54, 1.807) is 4.90 Å². The van der Waals surface area contributed by atoms with Crippen molar-refractivity contribution in [2.24, 2.45) is 11.8 Å². The Labute approximate surface area is 167 Å². The molecule has 2 amide bonds. The molecule has 6 heteroatoms. The van der Waals surface area contributed by atoms with Gasteiger partial charge in [-0.2, -0.15) is 0 Å². The number of carbonyl (C=O) groups is 2. The fraction of sp³-hybridized carbons (Fsp3) is 0.636. The van der Waals surface area contributed by atoms with E-state index < -0.39 is 5.60 Å². The third-order valence-electron chi connectivity index (χ3n) is 5.24. The first kappa shape index (κ1) is 20.5. The Hall–Kier alpha value is -2.24. The normalized spacial score (nSPS) is 24.2. The highest BCUT2D eigenvalue weighted by molar-refractivity contribution is 5.93. The number of anilines is 1. The van der Waals surface area contributed by atoms with Crippen LogP contribution < -0.4 is 10.1 Å². The zero-order valence-corrected chi connectivity index (χ0v) is 17.5. The second kappa shape index (κ2) is 8.02. The molecule has 0 radical (unpaired) electrons. The molecule has 28 heavy (non-hydrogen) atoms. The number of nitrogens with zero attached hydrogens (tertiary/aromatic N) is 1. The van der Waals surface area contributed by atoms with E-state index >= 15 is 0 Å². The highest BCUT2D eigenvalue weighted by Crippen LogP contribution is 2.40. The second-order valence-corrected chi connectivity index (χ2v) is 9.17. The molecule has 2 aliphatic heterocycles. The van der Waals surface area contributed by atoms with Crippen molar-refractivity contribution in [2.75, 3.05) is 11.9 Å². The predicted molar refractivity (Wildman–Crippen MR) is 108 cm³/mol. The molecule has 1 saturated carbocycles. The minimum absolute atomic E-state index is 0.0273. The van der Waals surface area contributed by atoms with Gasteiger partial charge in [-0.3, -0.25) is 4.79 Å². The quantitative estimate of drug-likeness (QED) is 0.827. The van der Waals surface area contributed by atoms with Gasteiger partial charge >= 0.3 is 6.09 Å². The summed E-state index contributed by atoms with van der Waals surface area (Å²) < 4.78 is 11.2. The van der Waals surface area contributed by atoms with Crippen LogP contribution in [0.4, 0.5) is 10.5 Å². The van der Waals surface area contributed by atoms with E-state index in [0.717, 1.165) is 30.7 Å². The lowest BCUT2D eigenvalue weighted by Gasteiger charge is -2.49. The Morgan fingerprint density at radius 2 is 1.82 bits per heavy atom. The molecule has 3 fully saturated rings. The van der Waals surface area contributed by atoms with Crippen molar-refractivity contribution in [3.05, 3.63) is 24.3 Å². The van der Waals surface area contributed by atoms with E-state index in [1.807, 2.05) is 58.9 Å². The van der Waals surface area contributed by atoms with E-state index in [9.17, 15) is 9.59 Å². The summed E-state index contributed by atoms with van der Waals surface area (Å²) in [6.45, 7) is 10.2. The molecule has 6 nitrogen and oxygen atoms in total. The third-order valence-corrected chi connectivity index (χ3v) is 5.24. The van der Waals surface area contributed by atoms with Crippen molar-refractivity contribution >= 4 is 17.7 Å². The SMILES string of the molecule is CC(C)Oc1ccc(NC(=O)[C@@H]2C[C@H]3CC[C@@H]2N(C(=O)OC(C)(C)C)C3)cc1. The van der Waals surface area contributed by atoms with Crippen molar-refractivity contribution in [1.82, 2.24) is 4.90 Å². The summed E-state index contributed by atoms with van der Waals surface area (Å²) in [6, 6.07) is 7.32. The van der Waals surface area contributed by atoms with Gasteiger partial charge in [0.05, 0.1) is 12.0 Å². The van der Waals surface area contributed by atoms with Crippen LogP contribution in [0.3, 0.4) is 0 Å². The number of fused-ring (bicyclic) bond motifs is 3. The average molecular weight is 389 g/mol. The van der Waals surface area contributed by atoms with Crippen LogP contribution in [0.25, 0.3) is 0 Å². The lowest BCUT2D eigenvalue weighted by molar-refractivity contribution is -0.126. The smallest absolute Gasteiger partial charge is 0.410 e. The van der Waals surface area contributed by atoms with Crippen LogP contribution in [0.15, 0.2) is 24.3 Å². The van der Waals surface area contributed by atoms with Gasteiger partial charge in [-0.1, -0.05) is 0 Å². The van der Waals surface area contributed by atoms with Gasteiger partial charge in [-0.05, 0) is 84.1 Å². The van der Waals surface area contributed by atoms with Crippen LogP contribution in [0.2, 0.25) is 0 Å². The minimum Gasteiger partial charge on any atom is -0.491 e. The molecule has 2 heterocycles. The van der Waals surface area contributed by atoms with E-state index in [0.29, 0.717) is 12.5 Å². The maximum absolute atomic E-state index is 13.0. The molecule has 1 aromatic rings. The molecular formula is C22H32N2O4. The van der Waals surface area contributed by atoms with Crippen LogP contribution in [0.1, 0.15) is 53.9 Å². The molecular weight excluding hydrogens is 356 g/mol. The summed E-state index contributed by atoms with van der Waals surface area (Å²) in [6.07, 6.45) is 2.54. The molecule has 4 rings (SSSR count). The number of hydrogen-bond donors (Lipinski definition) is 1. The van der Waals surface area contributed by atoms with Gasteiger partial charge in [0.1, 0.15) is 11.4 Å². The maximum Gasteiger partial charge on any atom is 0.410 e. The number of ether oxygens (including phenoxy) is 2. The van der Waals surface area contributed by atoms with Gasteiger partial charge in [-0.25, -0.2) is 4.79 Å². The van der Waals surface area contributed by atoms with E-state index in [2.05, 4.69) is 5.32 Å². The highest BCUT2D eigenvalue weighted by Gasteiger charge is 2.46. The second-order valence-electron chi connectivity index (χ2n) is 9.17. The Bertz CT molecular complexity index is 708. The van der Waals surface area contributed by atoms with Gasteiger partial charge in [0.2, 0.25) is 5.91 Å². The van der Waals surface area contributed by atoms with Crippen molar-refractivity contribution in [1.29, 1.82) is 0 Å². The number of nitrogens with one attached hydrogen (secondary N) is 1. The number of hydrogen-bond acceptors (Lipinski definition) is 4. The molecule has 1 N–H and O–H groups in total. The standard InChI is InChI=1S/C22H32N2O4/c1-14(2)27-17-9-7-16(8-10-17)23-20(25)18-12-15-6-11-19(18)24(13-15)21(26)28-22(3,4)5/h7-10,14-15,18-19H,6,11-13H2,1-5H3,(H,23,25)/t15-,18-,19+/m1/s1. The van der Waals surface area contributed by atoms with Crippen LogP contribution in [-0.4, -0.2) is 41.2 Å². The first-order valence-electron chi connectivity index (χ1n) is 10.2. The maximum atomic E-state index is 13.0. The fourth-order valence-electron chi connectivity index (χ4n) is 4.13. The zero-order valence-electron chi connectivity index (χ0n) is 17.5. The molecule has 0 unspecified atom stereocenters. The average Bonchev–Trinajstić information content (AvgIpc) is 2.61. The molecule has 1 aromatic carbocycles. The van der Waals surface area contributed by atoms with Crippen molar-refractivity contribution in [3.63, 3.8) is 0 Å². The van der Waals surface area contributed by atoms with E-state index in [1.165, 1.54) is 0 Å². The minimum atomic E-state index is -0.536. The topological polar surface area (TPSA) is 67.9 Å². The first-order chi connectivity index (χ1) is 13.1. The van der Waals surface area contributed by atoms with Crippen LogP contribution in [-0.2, 0) is 9.53 Å². The predicted octanol–water partition coefficient (Wildman–Crippen LogP) is 4.45. The highest BCUT2D eigenvalue weighted by atomic mass is 16.6. The summed E-state index contributed by atoms with van der Waals surface area (Å²) in [5.41, 5.74) is 0.206. The zero-order chi connectivity index (χ0) is 20.5. The lowest BCUT2D eigenvalue weighted by atomic mass is 9.72. The van der Waals surface area contributed by atoms with Crippen molar-refractivity contribution in [2.45, 2.75) is 71.6 Å². The Morgan fingerprint density at radius 1 is 1.14 bits per heavy atom.